The van der Waals surface area contributed by atoms with Gasteiger partial charge in [-0.25, -0.2) is 0 Å². The van der Waals surface area contributed by atoms with Crippen molar-refractivity contribution >= 4 is 17.5 Å². The predicted octanol–water partition coefficient (Wildman–Crippen LogP) is 1.28. The highest BCUT2D eigenvalue weighted by Crippen LogP contribution is 2.23. The van der Waals surface area contributed by atoms with Crippen LogP contribution in [0.5, 0.6) is 0 Å². The predicted molar refractivity (Wildman–Crippen MR) is 56.3 cm³/mol. The molecule has 0 bridgehead atoms. The second-order valence-corrected chi connectivity index (χ2v) is 4.68. The molecular formula is C10H18ClNO2. The van der Waals surface area contributed by atoms with Gasteiger partial charge in [0.15, 0.2) is 0 Å². The number of carbonyl (C=O) groups is 1. The second-order valence-electron chi connectivity index (χ2n) is 4.02. The van der Waals surface area contributed by atoms with Crippen molar-refractivity contribution in [1.29, 1.82) is 0 Å². The third-order valence-electron chi connectivity index (χ3n) is 2.81. The number of nitrogens with one attached hydrogen (secondary N) is 1. The lowest BCUT2D eigenvalue weighted by atomic mass is 9.86. The van der Waals surface area contributed by atoms with Crippen molar-refractivity contribution < 1.29 is 9.90 Å². The second kappa shape index (κ2) is 5.56. The van der Waals surface area contributed by atoms with Gasteiger partial charge >= 0.3 is 0 Å². The van der Waals surface area contributed by atoms with Gasteiger partial charge in [0.2, 0.25) is 5.91 Å². The molecule has 1 aliphatic carbocycles. The molecule has 1 aliphatic rings. The number of alkyl halides is 1. The van der Waals surface area contributed by atoms with Gasteiger partial charge in [-0.3, -0.25) is 4.79 Å². The van der Waals surface area contributed by atoms with Crippen molar-refractivity contribution in [3.63, 3.8) is 0 Å². The Labute approximate surface area is 89.8 Å². The van der Waals surface area contributed by atoms with E-state index in [1.54, 1.807) is 6.92 Å². The molecule has 4 heteroatoms. The summed E-state index contributed by atoms with van der Waals surface area (Å²) in [6.07, 6.45) is 3.91. The summed E-state index contributed by atoms with van der Waals surface area (Å²) in [6, 6.07) is 0.256. The fraction of sp³-hybridized carbons (Fsp3) is 0.900. The largest absolute Gasteiger partial charge is 0.396 e. The lowest BCUT2D eigenvalue weighted by Gasteiger charge is -2.28. The summed E-state index contributed by atoms with van der Waals surface area (Å²) in [6.45, 7) is 1.95. The fourth-order valence-corrected chi connectivity index (χ4v) is 1.87. The van der Waals surface area contributed by atoms with E-state index in [4.69, 9.17) is 16.7 Å². The van der Waals surface area contributed by atoms with Crippen molar-refractivity contribution in [2.24, 2.45) is 5.92 Å². The van der Waals surface area contributed by atoms with Crippen LogP contribution in [0.4, 0.5) is 0 Å². The van der Waals surface area contributed by atoms with E-state index in [1.807, 2.05) is 0 Å². The third-order valence-corrected chi connectivity index (χ3v) is 3.01. The van der Waals surface area contributed by atoms with Crippen LogP contribution < -0.4 is 5.32 Å². The van der Waals surface area contributed by atoms with Gasteiger partial charge in [0.25, 0.3) is 0 Å². The van der Waals surface area contributed by atoms with E-state index in [2.05, 4.69) is 5.32 Å². The van der Waals surface area contributed by atoms with Crippen LogP contribution in [-0.4, -0.2) is 29.0 Å². The van der Waals surface area contributed by atoms with Gasteiger partial charge < -0.3 is 10.4 Å². The summed E-state index contributed by atoms with van der Waals surface area (Å²) in [7, 11) is 0. The Hall–Kier alpha value is -0.280. The van der Waals surface area contributed by atoms with Crippen LogP contribution in [0, 0.1) is 5.92 Å². The van der Waals surface area contributed by atoms with Crippen LogP contribution >= 0.6 is 11.6 Å². The highest BCUT2D eigenvalue weighted by molar-refractivity contribution is 6.30. The van der Waals surface area contributed by atoms with E-state index in [1.165, 1.54) is 0 Å². The van der Waals surface area contributed by atoms with Crippen LogP contribution in [0.25, 0.3) is 0 Å². The van der Waals surface area contributed by atoms with E-state index >= 15 is 0 Å². The van der Waals surface area contributed by atoms with Gasteiger partial charge in [0.1, 0.15) is 5.38 Å². The summed E-state index contributed by atoms with van der Waals surface area (Å²) < 4.78 is 0. The SMILES string of the molecule is CC(Cl)C(=O)NC1CCC(CO)CC1. The normalized spacial score (nSPS) is 29.6. The molecule has 1 fully saturated rings. The smallest absolute Gasteiger partial charge is 0.237 e. The maximum atomic E-state index is 11.3. The number of aliphatic hydroxyl groups is 1. The minimum absolute atomic E-state index is 0.0842. The molecule has 1 amide bonds. The summed E-state index contributed by atoms with van der Waals surface area (Å²) in [5.74, 6) is 0.343. The molecule has 1 saturated carbocycles. The molecule has 3 nitrogen and oxygen atoms in total. The van der Waals surface area contributed by atoms with Gasteiger partial charge in [0, 0.05) is 12.6 Å². The standard InChI is InChI=1S/C10H18ClNO2/c1-7(11)10(14)12-9-4-2-8(6-13)3-5-9/h7-9,13H,2-6H2,1H3,(H,12,14). The van der Waals surface area contributed by atoms with Crippen molar-refractivity contribution in [1.82, 2.24) is 5.32 Å². The van der Waals surface area contributed by atoms with Crippen LogP contribution in [0.15, 0.2) is 0 Å². The number of rotatable bonds is 3. The lowest BCUT2D eigenvalue weighted by molar-refractivity contribution is -0.121. The Kier molecular flexibility index (Phi) is 4.69. The number of hydrogen-bond donors (Lipinski definition) is 2. The number of aliphatic hydroxyl groups excluding tert-OH is 1. The van der Waals surface area contributed by atoms with E-state index in [0.717, 1.165) is 25.7 Å². The van der Waals surface area contributed by atoms with Gasteiger partial charge in [-0.2, -0.15) is 0 Å². The zero-order valence-electron chi connectivity index (χ0n) is 8.50. The number of amides is 1. The minimum Gasteiger partial charge on any atom is -0.396 e. The molecule has 0 aromatic rings. The Balaban J connectivity index is 2.25. The first-order valence-corrected chi connectivity index (χ1v) is 5.62. The lowest BCUT2D eigenvalue weighted by Crippen LogP contribution is -2.41. The van der Waals surface area contributed by atoms with Gasteiger partial charge in [-0.1, -0.05) is 0 Å². The summed E-state index contributed by atoms with van der Waals surface area (Å²) in [5.41, 5.74) is 0. The van der Waals surface area contributed by atoms with Gasteiger partial charge in [0.05, 0.1) is 0 Å². The summed E-state index contributed by atoms with van der Waals surface area (Å²) in [4.78, 5) is 11.3. The fourth-order valence-electron chi connectivity index (χ4n) is 1.81. The topological polar surface area (TPSA) is 49.3 Å². The Morgan fingerprint density at radius 2 is 2.07 bits per heavy atom. The summed E-state index contributed by atoms with van der Waals surface area (Å²) in [5, 5.41) is 11.4. The minimum atomic E-state index is -0.453. The maximum Gasteiger partial charge on any atom is 0.237 e. The zero-order valence-corrected chi connectivity index (χ0v) is 9.26. The Bertz CT molecular complexity index is 189. The number of carbonyl (C=O) groups excluding carboxylic acids is 1. The molecular weight excluding hydrogens is 202 g/mol. The molecule has 1 rings (SSSR count). The van der Waals surface area contributed by atoms with E-state index in [9.17, 15) is 4.79 Å². The van der Waals surface area contributed by atoms with E-state index in [0.29, 0.717) is 5.92 Å². The average molecular weight is 220 g/mol. The van der Waals surface area contributed by atoms with Crippen molar-refractivity contribution in [2.75, 3.05) is 6.61 Å². The molecule has 1 unspecified atom stereocenters. The monoisotopic (exact) mass is 219 g/mol. The third kappa shape index (κ3) is 3.46. The molecule has 14 heavy (non-hydrogen) atoms. The van der Waals surface area contributed by atoms with Crippen LogP contribution in [0.3, 0.4) is 0 Å². The molecule has 82 valence electrons. The molecule has 0 saturated heterocycles. The molecule has 2 N–H and O–H groups in total. The van der Waals surface area contributed by atoms with Crippen molar-refractivity contribution in [2.45, 2.75) is 44.0 Å². The Morgan fingerprint density at radius 1 is 1.50 bits per heavy atom. The van der Waals surface area contributed by atoms with Crippen molar-refractivity contribution in [3.05, 3.63) is 0 Å². The highest BCUT2D eigenvalue weighted by atomic mass is 35.5. The Morgan fingerprint density at radius 3 is 2.50 bits per heavy atom. The first kappa shape index (κ1) is 11.8. The van der Waals surface area contributed by atoms with Crippen LogP contribution in [-0.2, 0) is 4.79 Å². The molecule has 0 aromatic carbocycles. The average Bonchev–Trinajstić information content (AvgIpc) is 2.19. The first-order valence-electron chi connectivity index (χ1n) is 5.18. The van der Waals surface area contributed by atoms with Crippen LogP contribution in [0.1, 0.15) is 32.6 Å². The molecule has 0 radical (unpaired) electrons. The van der Waals surface area contributed by atoms with E-state index < -0.39 is 5.38 Å². The first-order chi connectivity index (χ1) is 6.63. The molecule has 0 spiro atoms. The van der Waals surface area contributed by atoms with Crippen molar-refractivity contribution in [3.8, 4) is 0 Å². The van der Waals surface area contributed by atoms with Gasteiger partial charge in [-0.05, 0) is 38.5 Å². The maximum absolute atomic E-state index is 11.3. The number of halogens is 1. The zero-order chi connectivity index (χ0) is 10.6. The summed E-state index contributed by atoms with van der Waals surface area (Å²) >= 11 is 5.65. The van der Waals surface area contributed by atoms with E-state index in [-0.39, 0.29) is 18.6 Å². The molecule has 1 atom stereocenters. The molecule has 0 aliphatic heterocycles. The number of hydrogen-bond acceptors (Lipinski definition) is 2. The highest BCUT2D eigenvalue weighted by Gasteiger charge is 2.22. The van der Waals surface area contributed by atoms with Crippen LogP contribution in [0.2, 0.25) is 0 Å². The molecule has 0 heterocycles. The molecule has 0 aromatic heterocycles. The quantitative estimate of drug-likeness (QED) is 0.703. The van der Waals surface area contributed by atoms with Gasteiger partial charge in [-0.15, -0.1) is 11.6 Å².